The molecular formula is C8H12Cl2Ti. The van der Waals surface area contributed by atoms with E-state index >= 15 is 0 Å². The summed E-state index contributed by atoms with van der Waals surface area (Å²) in [6.45, 7) is 6.55. The van der Waals surface area contributed by atoms with Crippen LogP contribution in [0.25, 0.3) is 0 Å². The summed E-state index contributed by atoms with van der Waals surface area (Å²) in [6.07, 6.45) is 3.46. The van der Waals surface area contributed by atoms with Crippen molar-refractivity contribution in [2.45, 2.75) is 27.2 Å². The Morgan fingerprint density at radius 2 is 1.73 bits per heavy atom. The molecule has 0 nitrogen and oxygen atoms in total. The van der Waals surface area contributed by atoms with Crippen molar-refractivity contribution < 1.29 is 17.0 Å². The molecule has 3 heteroatoms. The third kappa shape index (κ3) is 5.08. The standard InChI is InChI=1S/C8H12.2ClH.Ti/c1-6-4-7(2)8(3)5-6;;;/h4H,5H2,1-3H3;2*1H;/q;;;+2/p-2. The summed E-state index contributed by atoms with van der Waals surface area (Å²) in [7, 11) is 9.78. The fourth-order valence-electron chi connectivity index (χ4n) is 1.10. The molecule has 0 saturated heterocycles. The van der Waals surface area contributed by atoms with Gasteiger partial charge in [-0.1, -0.05) is 22.8 Å². The number of hydrogen-bond acceptors (Lipinski definition) is 0. The summed E-state index contributed by atoms with van der Waals surface area (Å²) >= 11 is -0.556. The van der Waals surface area contributed by atoms with Crippen LogP contribution in [0.1, 0.15) is 27.2 Å². The summed E-state index contributed by atoms with van der Waals surface area (Å²) in [4.78, 5) is 0. The summed E-state index contributed by atoms with van der Waals surface area (Å²) in [6, 6.07) is 0. The SMILES string of the molecule is CC1=CC(C)=C(C)C1.[Cl][Ti][Cl]. The van der Waals surface area contributed by atoms with Gasteiger partial charge in [-0.05, 0) is 27.2 Å². The molecular weight excluding hydrogens is 215 g/mol. The zero-order valence-electron chi connectivity index (χ0n) is 7.04. The molecule has 0 radical (unpaired) electrons. The molecule has 0 bridgehead atoms. The van der Waals surface area contributed by atoms with E-state index in [1.54, 1.807) is 0 Å². The molecule has 0 amide bonds. The molecule has 62 valence electrons. The summed E-state index contributed by atoms with van der Waals surface area (Å²) in [5.74, 6) is 0. The molecule has 1 aliphatic carbocycles. The molecule has 11 heavy (non-hydrogen) atoms. The minimum absolute atomic E-state index is 0.556. The zero-order valence-corrected chi connectivity index (χ0v) is 10.1. The van der Waals surface area contributed by atoms with Crippen LogP contribution in [0, 0.1) is 0 Å². The molecule has 0 aromatic rings. The van der Waals surface area contributed by atoms with Gasteiger partial charge >= 0.3 is 35.6 Å². The molecule has 0 aliphatic heterocycles. The Balaban J connectivity index is 0.000000292. The maximum absolute atomic E-state index is 4.89. The average Bonchev–Trinajstić information content (AvgIpc) is 2.12. The van der Waals surface area contributed by atoms with Crippen molar-refractivity contribution in [3.63, 3.8) is 0 Å². The predicted molar refractivity (Wildman–Crippen MR) is 48.5 cm³/mol. The van der Waals surface area contributed by atoms with Crippen LogP contribution >= 0.6 is 18.6 Å². The van der Waals surface area contributed by atoms with E-state index in [1.165, 1.54) is 23.1 Å². The number of hydrogen-bond donors (Lipinski definition) is 0. The van der Waals surface area contributed by atoms with E-state index in [4.69, 9.17) is 18.6 Å². The van der Waals surface area contributed by atoms with Gasteiger partial charge in [-0.3, -0.25) is 0 Å². The van der Waals surface area contributed by atoms with E-state index in [2.05, 4.69) is 26.8 Å². The predicted octanol–water partition coefficient (Wildman–Crippen LogP) is 4.05. The molecule has 0 aromatic heterocycles. The normalized spacial score (nSPS) is 15.5. The van der Waals surface area contributed by atoms with E-state index in [0.29, 0.717) is 0 Å². The van der Waals surface area contributed by atoms with Crippen molar-refractivity contribution in [1.82, 2.24) is 0 Å². The van der Waals surface area contributed by atoms with Crippen molar-refractivity contribution >= 4 is 18.6 Å². The van der Waals surface area contributed by atoms with Crippen molar-refractivity contribution in [1.29, 1.82) is 0 Å². The second-order valence-electron chi connectivity index (χ2n) is 2.70. The van der Waals surface area contributed by atoms with Crippen LogP contribution in [-0.2, 0) is 17.0 Å². The first-order valence-electron chi connectivity index (χ1n) is 3.41. The Morgan fingerprint density at radius 1 is 1.27 bits per heavy atom. The topological polar surface area (TPSA) is 0 Å². The van der Waals surface area contributed by atoms with Crippen LogP contribution in [0.15, 0.2) is 22.8 Å². The van der Waals surface area contributed by atoms with Gasteiger partial charge in [-0.2, -0.15) is 0 Å². The fraction of sp³-hybridized carbons (Fsp3) is 0.500. The van der Waals surface area contributed by atoms with Gasteiger partial charge in [0.2, 0.25) is 0 Å². The summed E-state index contributed by atoms with van der Waals surface area (Å²) in [5, 5.41) is 0. The second kappa shape index (κ2) is 6.31. The molecule has 0 saturated carbocycles. The number of rotatable bonds is 0. The first kappa shape index (κ1) is 11.8. The van der Waals surface area contributed by atoms with Gasteiger partial charge in [0.15, 0.2) is 0 Å². The summed E-state index contributed by atoms with van der Waals surface area (Å²) in [5.41, 5.74) is 4.49. The molecule has 0 atom stereocenters. The molecule has 1 rings (SSSR count). The molecule has 0 N–H and O–H groups in total. The van der Waals surface area contributed by atoms with Gasteiger partial charge in [0.1, 0.15) is 0 Å². The van der Waals surface area contributed by atoms with Crippen LogP contribution in [0.4, 0.5) is 0 Å². The molecule has 1 aliphatic rings. The van der Waals surface area contributed by atoms with Gasteiger partial charge < -0.3 is 0 Å². The Morgan fingerprint density at radius 3 is 1.82 bits per heavy atom. The zero-order chi connectivity index (χ0) is 8.85. The van der Waals surface area contributed by atoms with Gasteiger partial charge in [0, 0.05) is 0 Å². The van der Waals surface area contributed by atoms with Crippen molar-refractivity contribution in [3.8, 4) is 0 Å². The van der Waals surface area contributed by atoms with Crippen molar-refractivity contribution in [3.05, 3.63) is 22.8 Å². The second-order valence-corrected chi connectivity index (χ2v) is 5.28. The van der Waals surface area contributed by atoms with E-state index in [-0.39, 0.29) is 0 Å². The van der Waals surface area contributed by atoms with Crippen molar-refractivity contribution in [2.75, 3.05) is 0 Å². The Hall–Kier alpha value is 0.774. The van der Waals surface area contributed by atoms with Gasteiger partial charge in [0.05, 0.1) is 0 Å². The monoisotopic (exact) mass is 226 g/mol. The number of allylic oxidation sites excluding steroid dienone is 4. The molecule has 0 fully saturated rings. The third-order valence-corrected chi connectivity index (χ3v) is 1.68. The first-order valence-corrected chi connectivity index (χ1v) is 7.71. The third-order valence-electron chi connectivity index (χ3n) is 1.68. The van der Waals surface area contributed by atoms with Crippen LogP contribution in [0.5, 0.6) is 0 Å². The van der Waals surface area contributed by atoms with Gasteiger partial charge in [-0.15, -0.1) is 0 Å². The Kier molecular flexibility index (Phi) is 6.75. The van der Waals surface area contributed by atoms with Gasteiger partial charge in [0.25, 0.3) is 0 Å². The maximum atomic E-state index is 4.89. The first-order chi connectivity index (χ1) is 5.11. The molecule has 0 unspecified atom stereocenters. The van der Waals surface area contributed by atoms with Crippen LogP contribution in [-0.4, -0.2) is 0 Å². The molecule has 0 heterocycles. The van der Waals surface area contributed by atoms with Crippen LogP contribution in [0.3, 0.4) is 0 Å². The Bertz CT molecular complexity index is 183. The van der Waals surface area contributed by atoms with Crippen LogP contribution < -0.4 is 0 Å². The van der Waals surface area contributed by atoms with E-state index in [0.717, 1.165) is 0 Å². The average molecular weight is 227 g/mol. The Labute approximate surface area is 85.3 Å². The fourth-order valence-corrected chi connectivity index (χ4v) is 1.10. The molecule has 0 spiro atoms. The van der Waals surface area contributed by atoms with Crippen molar-refractivity contribution in [2.24, 2.45) is 0 Å². The quantitative estimate of drug-likeness (QED) is 0.547. The van der Waals surface area contributed by atoms with E-state index < -0.39 is 17.0 Å². The molecule has 0 aromatic carbocycles. The van der Waals surface area contributed by atoms with E-state index in [9.17, 15) is 0 Å². The van der Waals surface area contributed by atoms with Crippen LogP contribution in [0.2, 0.25) is 0 Å². The van der Waals surface area contributed by atoms with Gasteiger partial charge in [-0.25, -0.2) is 0 Å². The minimum atomic E-state index is -0.556. The summed E-state index contributed by atoms with van der Waals surface area (Å²) < 4.78 is 0. The van der Waals surface area contributed by atoms with E-state index in [1.807, 2.05) is 0 Å². The number of halogens is 2.